The molecule has 2 aliphatic carbocycles. The van der Waals surface area contributed by atoms with E-state index in [1.165, 1.54) is 21.6 Å². The van der Waals surface area contributed by atoms with Crippen molar-refractivity contribution in [2.45, 2.75) is 129 Å². The Balaban J connectivity index is 0.00000136. The number of hydrogen-bond donors (Lipinski definition) is 2. The zero-order chi connectivity index (χ0) is 36.4. The molecule has 8 nitrogen and oxygen atoms in total. The van der Waals surface area contributed by atoms with Crippen molar-refractivity contribution in [2.75, 3.05) is 0 Å². The van der Waals surface area contributed by atoms with E-state index in [-0.39, 0.29) is 10.8 Å². The molecule has 0 radical (unpaired) electrons. The van der Waals surface area contributed by atoms with Gasteiger partial charge in [0.2, 0.25) is 0 Å². The lowest BCUT2D eigenvalue weighted by molar-refractivity contribution is -0.0709. The summed E-state index contributed by atoms with van der Waals surface area (Å²) in [6.07, 6.45) is 12.9. The second kappa shape index (κ2) is 17.4. The molecule has 2 atom stereocenters. The first-order chi connectivity index (χ1) is 24.0. The van der Waals surface area contributed by atoms with Gasteiger partial charge in [-0.1, -0.05) is 128 Å². The Morgan fingerprint density at radius 3 is 1.34 bits per heavy atom. The minimum atomic E-state index is -1.09. The third kappa shape index (κ3) is 8.64. The lowest BCUT2D eigenvalue weighted by Gasteiger charge is -2.48. The Labute approximate surface area is 307 Å². The molecule has 0 amide bonds. The summed E-state index contributed by atoms with van der Waals surface area (Å²) in [5.41, 5.74) is 1.34. The van der Waals surface area contributed by atoms with Gasteiger partial charge in [-0.3, -0.25) is 0 Å². The van der Waals surface area contributed by atoms with Gasteiger partial charge in [0.15, 0.2) is 10.3 Å². The Morgan fingerprint density at radius 2 is 0.980 bits per heavy atom. The predicted molar refractivity (Wildman–Crippen MR) is 208 cm³/mol. The maximum absolute atomic E-state index is 12.4. The van der Waals surface area contributed by atoms with E-state index in [2.05, 4.69) is 84.3 Å². The summed E-state index contributed by atoms with van der Waals surface area (Å²) in [4.78, 5) is 9.11. The summed E-state index contributed by atoms with van der Waals surface area (Å²) in [6, 6.07) is 20.4. The molecule has 2 N–H and O–H groups in total. The van der Waals surface area contributed by atoms with Crippen molar-refractivity contribution in [3.8, 4) is 0 Å². The van der Waals surface area contributed by atoms with Crippen molar-refractivity contribution in [3.63, 3.8) is 0 Å². The minimum Gasteiger partial charge on any atom is -0.383 e. The van der Waals surface area contributed by atoms with Gasteiger partial charge in [-0.2, -0.15) is 10.2 Å². The Kier molecular flexibility index (Phi) is 13.7. The average molecular weight is 717 g/mol. The van der Waals surface area contributed by atoms with Gasteiger partial charge in [0, 0.05) is 0 Å². The SMILES string of the molecule is CC.CC.CC1(C)CCC/C(=C/c2ccccc2)C1(O)Cn1ncnc1SSc1ncnn1CC1(O)/C(=C/c2ccccc2)CCCC1(C)C. The van der Waals surface area contributed by atoms with Crippen molar-refractivity contribution >= 4 is 33.7 Å². The van der Waals surface area contributed by atoms with Crippen LogP contribution in [-0.2, 0) is 13.1 Å². The molecule has 0 saturated heterocycles. The fourth-order valence-electron chi connectivity index (χ4n) is 7.01. The third-order valence-electron chi connectivity index (χ3n) is 10.2. The number of hydrogen-bond acceptors (Lipinski definition) is 8. The number of rotatable bonds is 9. The van der Waals surface area contributed by atoms with Crippen molar-refractivity contribution in [1.82, 2.24) is 29.5 Å². The minimum absolute atomic E-state index is 0.301. The second-order valence-electron chi connectivity index (χ2n) is 13.9. The average Bonchev–Trinajstić information content (AvgIpc) is 3.76. The normalized spacial score (nSPS) is 24.2. The highest BCUT2D eigenvalue weighted by Gasteiger charge is 2.50. The number of aromatic nitrogens is 6. The topological polar surface area (TPSA) is 102 Å². The summed E-state index contributed by atoms with van der Waals surface area (Å²) in [6.45, 7) is 17.2. The smallest absolute Gasteiger partial charge is 0.197 e. The first kappa shape index (κ1) is 39.6. The molecule has 2 heterocycles. The lowest BCUT2D eigenvalue weighted by Crippen LogP contribution is -2.52. The summed E-state index contributed by atoms with van der Waals surface area (Å²) < 4.78 is 3.62. The molecule has 50 heavy (non-hydrogen) atoms. The molecule has 270 valence electrons. The van der Waals surface area contributed by atoms with Gasteiger partial charge in [0.1, 0.15) is 23.9 Å². The first-order valence-electron chi connectivity index (χ1n) is 18.1. The molecule has 4 aromatic rings. The van der Waals surface area contributed by atoms with Crippen LogP contribution in [0.15, 0.2) is 94.8 Å². The molecule has 0 spiro atoms. The predicted octanol–water partition coefficient (Wildman–Crippen LogP) is 9.77. The van der Waals surface area contributed by atoms with Gasteiger partial charge in [-0.05, 0) is 93.2 Å². The standard InChI is InChI=1S/C36H44N6O2S2.2C2H6/c1-33(2)19-11-17-29(21-27-13-7-5-8-14-27)35(33,43)23-41-31(37-25-39-41)45-46-32-38-26-40-42(32)24-36(44)30(18-12-20-34(36,3)4)22-28-15-9-6-10-16-28;2*1-2/h5-10,13-16,21-22,25-26,43-44H,11-12,17-20,23-24H2,1-4H3;2*1-2H3/b29-21-,30-22+;;. The largest absolute Gasteiger partial charge is 0.383 e. The maximum atomic E-state index is 12.4. The fourth-order valence-corrected chi connectivity index (χ4v) is 8.96. The Hall–Kier alpha value is -3.18. The summed E-state index contributed by atoms with van der Waals surface area (Å²) in [5.74, 6) is 0. The maximum Gasteiger partial charge on any atom is 0.197 e. The second-order valence-corrected chi connectivity index (χ2v) is 16.0. The fraction of sp³-hybridized carbons (Fsp3) is 0.500. The zero-order valence-corrected chi connectivity index (χ0v) is 32.8. The van der Waals surface area contributed by atoms with Crippen LogP contribution in [0.25, 0.3) is 12.2 Å². The lowest BCUT2D eigenvalue weighted by atomic mass is 9.62. The highest BCUT2D eigenvalue weighted by atomic mass is 33.1. The van der Waals surface area contributed by atoms with Crippen LogP contribution < -0.4 is 0 Å². The molecule has 2 aromatic carbocycles. The van der Waals surface area contributed by atoms with Crippen molar-refractivity contribution in [3.05, 3.63) is 95.6 Å². The monoisotopic (exact) mass is 716 g/mol. The van der Waals surface area contributed by atoms with E-state index in [9.17, 15) is 10.2 Å². The van der Waals surface area contributed by atoms with E-state index < -0.39 is 11.2 Å². The van der Waals surface area contributed by atoms with Gasteiger partial charge >= 0.3 is 0 Å². The summed E-state index contributed by atoms with van der Waals surface area (Å²) in [7, 11) is 2.88. The van der Waals surface area contributed by atoms with E-state index in [4.69, 9.17) is 0 Å². The van der Waals surface area contributed by atoms with E-state index in [0.717, 1.165) is 60.8 Å². The van der Waals surface area contributed by atoms with E-state index >= 15 is 0 Å². The van der Waals surface area contributed by atoms with Gasteiger partial charge in [0.25, 0.3) is 0 Å². The molecule has 0 bridgehead atoms. The molecule has 2 aliphatic rings. The van der Waals surface area contributed by atoms with Crippen molar-refractivity contribution in [1.29, 1.82) is 0 Å². The van der Waals surface area contributed by atoms with E-state index in [0.29, 0.717) is 23.4 Å². The molecule has 10 heteroatoms. The third-order valence-corrected chi connectivity index (χ3v) is 12.3. The van der Waals surface area contributed by atoms with Crippen LogP contribution in [0.4, 0.5) is 0 Å². The van der Waals surface area contributed by atoms with Gasteiger partial charge < -0.3 is 10.2 Å². The highest BCUT2D eigenvalue weighted by molar-refractivity contribution is 8.76. The van der Waals surface area contributed by atoms with Crippen LogP contribution in [0, 0.1) is 10.8 Å². The van der Waals surface area contributed by atoms with Crippen molar-refractivity contribution in [2.24, 2.45) is 10.8 Å². The summed E-state index contributed by atoms with van der Waals surface area (Å²) in [5, 5.41) is 35.2. The molecular formula is C40H56N6O2S2. The van der Waals surface area contributed by atoms with Crippen LogP contribution in [0.1, 0.15) is 105 Å². The van der Waals surface area contributed by atoms with Crippen LogP contribution in [0.2, 0.25) is 0 Å². The first-order valence-corrected chi connectivity index (χ1v) is 20.2. The molecule has 6 rings (SSSR count). The highest BCUT2D eigenvalue weighted by Crippen LogP contribution is 2.50. The molecule has 2 unspecified atom stereocenters. The quantitative estimate of drug-likeness (QED) is 0.165. The Morgan fingerprint density at radius 1 is 0.620 bits per heavy atom. The van der Waals surface area contributed by atoms with Crippen LogP contribution in [0.3, 0.4) is 0 Å². The number of nitrogens with zero attached hydrogens (tertiary/aromatic N) is 6. The van der Waals surface area contributed by atoms with E-state index in [1.807, 2.05) is 73.5 Å². The van der Waals surface area contributed by atoms with Crippen LogP contribution in [0.5, 0.6) is 0 Å². The Bertz CT molecular complexity index is 1570. The van der Waals surface area contributed by atoms with Crippen LogP contribution >= 0.6 is 21.6 Å². The molecular weight excluding hydrogens is 661 g/mol. The van der Waals surface area contributed by atoms with Gasteiger partial charge in [-0.25, -0.2) is 19.3 Å². The van der Waals surface area contributed by atoms with Crippen LogP contribution in [-0.4, -0.2) is 50.9 Å². The molecule has 0 aliphatic heterocycles. The molecule has 2 saturated carbocycles. The van der Waals surface area contributed by atoms with Gasteiger partial charge in [0.05, 0.1) is 13.1 Å². The summed E-state index contributed by atoms with van der Waals surface area (Å²) >= 11 is 0. The molecule has 2 fully saturated rings. The number of benzene rings is 2. The molecule has 2 aromatic heterocycles. The van der Waals surface area contributed by atoms with Gasteiger partial charge in [-0.15, -0.1) is 0 Å². The zero-order valence-electron chi connectivity index (χ0n) is 31.1. The van der Waals surface area contributed by atoms with E-state index in [1.54, 1.807) is 12.7 Å². The van der Waals surface area contributed by atoms with Crippen molar-refractivity contribution < 1.29 is 10.2 Å². The number of aliphatic hydroxyl groups is 2.